The van der Waals surface area contributed by atoms with Crippen LogP contribution in [-0.4, -0.2) is 10.2 Å². The van der Waals surface area contributed by atoms with E-state index in [4.69, 9.17) is 5.73 Å². The van der Waals surface area contributed by atoms with Gasteiger partial charge in [0.15, 0.2) is 5.13 Å². The predicted octanol–water partition coefficient (Wildman–Crippen LogP) is 2.68. The van der Waals surface area contributed by atoms with E-state index in [9.17, 15) is 0 Å². The summed E-state index contributed by atoms with van der Waals surface area (Å²) in [7, 11) is 0. The van der Waals surface area contributed by atoms with E-state index in [0.717, 1.165) is 10.9 Å². The number of thioether (sulfide) groups is 1. The molecule has 1 heterocycles. The molecule has 0 saturated heterocycles. The van der Waals surface area contributed by atoms with Crippen molar-refractivity contribution in [1.29, 1.82) is 0 Å². The van der Waals surface area contributed by atoms with Crippen molar-refractivity contribution in [1.82, 2.24) is 4.98 Å². The van der Waals surface area contributed by atoms with Crippen molar-refractivity contribution in [3.05, 3.63) is 5.69 Å². The van der Waals surface area contributed by atoms with E-state index in [-0.39, 0.29) is 0 Å². The molecule has 1 aliphatic rings. The average Bonchev–Trinajstić information content (AvgIpc) is 2.21. The molecular formula is C8H12N2S2. The summed E-state index contributed by atoms with van der Waals surface area (Å²) in [6.45, 7) is 2.04. The van der Waals surface area contributed by atoms with Gasteiger partial charge in [0.1, 0.15) is 0 Å². The zero-order chi connectivity index (χ0) is 8.55. The summed E-state index contributed by atoms with van der Waals surface area (Å²) in [4.78, 5) is 4.20. The maximum absolute atomic E-state index is 5.61. The second-order valence-electron chi connectivity index (χ2n) is 3.10. The number of aryl methyl sites for hydroxylation is 1. The van der Waals surface area contributed by atoms with Gasteiger partial charge >= 0.3 is 0 Å². The van der Waals surface area contributed by atoms with Gasteiger partial charge in [0.05, 0.1) is 9.90 Å². The highest BCUT2D eigenvalue weighted by atomic mass is 32.2. The summed E-state index contributed by atoms with van der Waals surface area (Å²) in [5.74, 6) is 0. The number of hydrogen-bond acceptors (Lipinski definition) is 4. The summed E-state index contributed by atoms with van der Waals surface area (Å²) in [5, 5.41) is 1.54. The fourth-order valence-electron chi connectivity index (χ4n) is 1.15. The number of nitrogens with two attached hydrogens (primary N) is 1. The van der Waals surface area contributed by atoms with Gasteiger partial charge in [0, 0.05) is 5.25 Å². The van der Waals surface area contributed by atoms with Gasteiger partial charge in [-0.3, -0.25) is 0 Å². The van der Waals surface area contributed by atoms with Crippen LogP contribution in [0.25, 0.3) is 0 Å². The van der Waals surface area contributed by atoms with E-state index in [1.807, 2.05) is 18.7 Å². The van der Waals surface area contributed by atoms with Gasteiger partial charge in [-0.25, -0.2) is 4.98 Å². The zero-order valence-corrected chi connectivity index (χ0v) is 8.67. The van der Waals surface area contributed by atoms with Crippen molar-refractivity contribution in [2.45, 2.75) is 35.6 Å². The summed E-state index contributed by atoms with van der Waals surface area (Å²) in [6.07, 6.45) is 4.12. The Labute approximate surface area is 80.6 Å². The molecule has 1 aromatic rings. The molecular weight excluding hydrogens is 188 g/mol. The Morgan fingerprint density at radius 1 is 1.58 bits per heavy atom. The number of aromatic nitrogens is 1. The van der Waals surface area contributed by atoms with Gasteiger partial charge in [-0.2, -0.15) is 0 Å². The van der Waals surface area contributed by atoms with Crippen LogP contribution in [0.2, 0.25) is 0 Å². The Bertz CT molecular complexity index is 279. The molecule has 66 valence electrons. The van der Waals surface area contributed by atoms with Crippen molar-refractivity contribution in [3.8, 4) is 0 Å². The maximum atomic E-state index is 5.61. The van der Waals surface area contributed by atoms with Crippen LogP contribution in [0.3, 0.4) is 0 Å². The highest BCUT2D eigenvalue weighted by molar-refractivity contribution is 8.01. The normalized spacial score (nSPS) is 17.8. The van der Waals surface area contributed by atoms with Crippen LogP contribution in [0.1, 0.15) is 25.0 Å². The lowest BCUT2D eigenvalue weighted by atomic mass is 10.0. The molecule has 0 spiro atoms. The van der Waals surface area contributed by atoms with E-state index in [1.165, 1.54) is 23.5 Å². The third-order valence-corrected chi connectivity index (χ3v) is 4.73. The molecule has 4 heteroatoms. The Kier molecular flexibility index (Phi) is 2.28. The number of thiazole rings is 1. The van der Waals surface area contributed by atoms with Crippen LogP contribution in [0, 0.1) is 6.92 Å². The number of nitrogen functional groups attached to an aromatic ring is 1. The third-order valence-electron chi connectivity index (χ3n) is 2.10. The second-order valence-corrected chi connectivity index (χ2v) is 5.70. The van der Waals surface area contributed by atoms with Crippen LogP contribution in [-0.2, 0) is 0 Å². The van der Waals surface area contributed by atoms with Crippen molar-refractivity contribution in [2.24, 2.45) is 0 Å². The standard InChI is InChI=1S/C8H12N2S2/c1-5-7(12-8(9)10-5)11-6-3-2-4-6/h6H,2-4H2,1H3,(H2,9,10). The smallest absolute Gasteiger partial charge is 0.181 e. The van der Waals surface area contributed by atoms with E-state index < -0.39 is 0 Å². The van der Waals surface area contributed by atoms with Crippen molar-refractivity contribution in [2.75, 3.05) is 5.73 Å². The number of anilines is 1. The van der Waals surface area contributed by atoms with E-state index in [1.54, 1.807) is 11.3 Å². The maximum Gasteiger partial charge on any atom is 0.181 e. The van der Waals surface area contributed by atoms with Gasteiger partial charge in [-0.05, 0) is 19.8 Å². The predicted molar refractivity (Wildman–Crippen MR) is 54.8 cm³/mol. The summed E-state index contributed by atoms with van der Waals surface area (Å²) >= 11 is 3.58. The molecule has 12 heavy (non-hydrogen) atoms. The van der Waals surface area contributed by atoms with Gasteiger partial charge in [0.25, 0.3) is 0 Å². The second kappa shape index (κ2) is 3.26. The molecule has 1 aliphatic carbocycles. The third kappa shape index (κ3) is 1.59. The van der Waals surface area contributed by atoms with Crippen LogP contribution in [0.4, 0.5) is 5.13 Å². The molecule has 0 atom stereocenters. The first-order valence-electron chi connectivity index (χ1n) is 4.15. The minimum Gasteiger partial charge on any atom is -0.375 e. The van der Waals surface area contributed by atoms with E-state index in [2.05, 4.69) is 4.98 Å². The Balaban J connectivity index is 2.05. The molecule has 1 saturated carbocycles. The Morgan fingerprint density at radius 3 is 2.75 bits per heavy atom. The molecule has 0 amide bonds. The molecule has 0 unspecified atom stereocenters. The molecule has 0 radical (unpaired) electrons. The van der Waals surface area contributed by atoms with Crippen molar-refractivity contribution in [3.63, 3.8) is 0 Å². The van der Waals surface area contributed by atoms with Gasteiger partial charge < -0.3 is 5.73 Å². The number of rotatable bonds is 2. The largest absolute Gasteiger partial charge is 0.375 e. The molecule has 1 aromatic heterocycles. The highest BCUT2D eigenvalue weighted by Crippen LogP contribution is 2.40. The summed E-state index contributed by atoms with van der Waals surface area (Å²) in [5.41, 5.74) is 6.71. The van der Waals surface area contributed by atoms with Crippen LogP contribution < -0.4 is 5.73 Å². The molecule has 0 aromatic carbocycles. The first-order valence-corrected chi connectivity index (χ1v) is 5.85. The first-order chi connectivity index (χ1) is 5.75. The van der Waals surface area contributed by atoms with E-state index in [0.29, 0.717) is 5.13 Å². The Morgan fingerprint density at radius 2 is 2.33 bits per heavy atom. The average molecular weight is 200 g/mol. The van der Waals surface area contributed by atoms with Crippen LogP contribution in [0.5, 0.6) is 0 Å². The zero-order valence-electron chi connectivity index (χ0n) is 7.04. The molecule has 0 bridgehead atoms. The lowest BCUT2D eigenvalue weighted by Crippen LogP contribution is -2.12. The SMILES string of the molecule is Cc1nc(N)sc1SC1CCC1. The highest BCUT2D eigenvalue weighted by Gasteiger charge is 2.20. The monoisotopic (exact) mass is 200 g/mol. The fourth-order valence-corrected chi connectivity index (χ4v) is 3.66. The van der Waals surface area contributed by atoms with Crippen molar-refractivity contribution >= 4 is 28.2 Å². The fraction of sp³-hybridized carbons (Fsp3) is 0.625. The number of hydrogen-bond donors (Lipinski definition) is 1. The van der Waals surface area contributed by atoms with Gasteiger partial charge in [0.2, 0.25) is 0 Å². The number of nitrogens with zero attached hydrogens (tertiary/aromatic N) is 1. The molecule has 0 aliphatic heterocycles. The van der Waals surface area contributed by atoms with E-state index >= 15 is 0 Å². The molecule has 2 N–H and O–H groups in total. The summed E-state index contributed by atoms with van der Waals surface area (Å²) in [6, 6.07) is 0. The van der Waals surface area contributed by atoms with Gasteiger partial charge in [-0.1, -0.05) is 17.8 Å². The van der Waals surface area contributed by atoms with Crippen LogP contribution >= 0.6 is 23.1 Å². The molecule has 2 nitrogen and oxygen atoms in total. The van der Waals surface area contributed by atoms with Gasteiger partial charge in [-0.15, -0.1) is 11.8 Å². The molecule has 2 rings (SSSR count). The van der Waals surface area contributed by atoms with Crippen LogP contribution in [0.15, 0.2) is 4.21 Å². The lowest BCUT2D eigenvalue weighted by Gasteiger charge is -2.23. The van der Waals surface area contributed by atoms with Crippen molar-refractivity contribution < 1.29 is 0 Å². The topological polar surface area (TPSA) is 38.9 Å². The quantitative estimate of drug-likeness (QED) is 0.797. The first kappa shape index (κ1) is 8.38. The minimum atomic E-state index is 0.703. The Hall–Kier alpha value is -0.220. The minimum absolute atomic E-state index is 0.703. The lowest BCUT2D eigenvalue weighted by molar-refractivity contribution is 0.522. The molecule has 1 fully saturated rings. The summed E-state index contributed by atoms with van der Waals surface area (Å²) < 4.78 is 1.32.